The molecule has 0 aromatic heterocycles. The number of hydrogen-bond donors (Lipinski definition) is 0. The normalized spacial score (nSPS) is 9.06. The number of ether oxygens (including phenoxy) is 1. The molecular weight excluding hydrogens is 232 g/mol. The Morgan fingerprint density at radius 1 is 1.35 bits per heavy atom. The molecule has 1 aromatic carbocycles. The second kappa shape index (κ2) is 6.79. The van der Waals surface area contributed by atoms with Gasteiger partial charge in [-0.3, -0.25) is 0 Å². The molecule has 0 amide bonds. The van der Waals surface area contributed by atoms with E-state index >= 15 is 0 Å². The van der Waals surface area contributed by atoms with Crippen LogP contribution < -0.4 is 0 Å². The minimum absolute atomic E-state index is 0.334. The van der Waals surface area contributed by atoms with Gasteiger partial charge in [0.1, 0.15) is 0 Å². The van der Waals surface area contributed by atoms with E-state index in [0.29, 0.717) is 12.2 Å². The van der Waals surface area contributed by atoms with E-state index in [-0.39, 0.29) is 5.97 Å². The Balaban J connectivity index is 2.84. The van der Waals surface area contributed by atoms with Crippen LogP contribution in [0.15, 0.2) is 35.6 Å². The lowest BCUT2D eigenvalue weighted by atomic mass is 10.1. The summed E-state index contributed by atoms with van der Waals surface area (Å²) in [5.41, 5.74) is 5.32. The molecule has 0 spiro atoms. The molecular formula is C14H14O2S. The molecule has 0 radical (unpaired) electrons. The van der Waals surface area contributed by atoms with Crippen molar-refractivity contribution in [1.29, 1.82) is 0 Å². The number of esters is 1. The van der Waals surface area contributed by atoms with Crippen LogP contribution in [-0.4, -0.2) is 17.9 Å². The zero-order valence-corrected chi connectivity index (χ0v) is 10.7. The van der Waals surface area contributed by atoms with Crippen LogP contribution in [0, 0.1) is 0 Å². The van der Waals surface area contributed by atoms with E-state index in [9.17, 15) is 4.79 Å². The minimum Gasteiger partial charge on any atom is -0.462 e. The highest BCUT2D eigenvalue weighted by Gasteiger charge is 2.01. The summed E-state index contributed by atoms with van der Waals surface area (Å²) in [7, 11) is 0. The van der Waals surface area contributed by atoms with E-state index < -0.39 is 0 Å². The van der Waals surface area contributed by atoms with Crippen molar-refractivity contribution in [3.05, 3.63) is 46.7 Å². The predicted molar refractivity (Wildman–Crippen MR) is 73.0 cm³/mol. The van der Waals surface area contributed by atoms with Crippen LogP contribution in [0.4, 0.5) is 0 Å². The summed E-state index contributed by atoms with van der Waals surface area (Å²) in [4.78, 5) is 11.3. The zero-order chi connectivity index (χ0) is 12.7. The van der Waals surface area contributed by atoms with Crippen molar-refractivity contribution < 1.29 is 9.53 Å². The standard InChI is InChI=1S/C14H14O2S/c1-3-16-14(15)11(2)4-5-12-6-8-13(10-17)9-7-12/h5-10H,3H2,1-2H3. The van der Waals surface area contributed by atoms with Gasteiger partial charge in [-0.25, -0.2) is 4.79 Å². The molecule has 0 atom stereocenters. The number of thiocarbonyl (C=S) groups is 1. The van der Waals surface area contributed by atoms with Crippen molar-refractivity contribution >= 4 is 29.6 Å². The third-order valence-electron chi connectivity index (χ3n) is 2.11. The van der Waals surface area contributed by atoms with Gasteiger partial charge in [0, 0.05) is 5.37 Å². The van der Waals surface area contributed by atoms with Crippen LogP contribution in [0.1, 0.15) is 25.0 Å². The predicted octanol–water partition coefficient (Wildman–Crippen LogP) is 3.16. The summed E-state index contributed by atoms with van der Waals surface area (Å²) in [5.74, 6) is -0.334. The van der Waals surface area contributed by atoms with E-state index in [4.69, 9.17) is 17.0 Å². The highest BCUT2D eigenvalue weighted by Crippen LogP contribution is 2.05. The molecule has 0 aliphatic heterocycles. The summed E-state index contributed by atoms with van der Waals surface area (Å²) in [6.45, 7) is 3.83. The SMILES string of the molecule is CCOC(=O)C(C)=C=Cc1ccc(C=S)cc1. The third-order valence-corrected chi connectivity index (χ3v) is 2.38. The molecule has 0 heterocycles. The maximum absolute atomic E-state index is 11.3. The number of carbonyl (C=O) groups is 1. The summed E-state index contributed by atoms with van der Waals surface area (Å²) >= 11 is 4.82. The Hall–Kier alpha value is -1.70. The van der Waals surface area contributed by atoms with Crippen LogP contribution in [0.2, 0.25) is 0 Å². The van der Waals surface area contributed by atoms with E-state index in [1.165, 1.54) is 0 Å². The van der Waals surface area contributed by atoms with Crippen molar-refractivity contribution in [1.82, 2.24) is 0 Å². The zero-order valence-electron chi connectivity index (χ0n) is 9.90. The summed E-state index contributed by atoms with van der Waals surface area (Å²) in [5, 5.41) is 1.62. The first-order valence-corrected chi connectivity index (χ1v) is 5.80. The summed E-state index contributed by atoms with van der Waals surface area (Å²) < 4.78 is 4.85. The minimum atomic E-state index is -0.334. The molecule has 0 saturated heterocycles. The molecule has 0 fully saturated rings. The van der Waals surface area contributed by atoms with Crippen molar-refractivity contribution in [2.24, 2.45) is 0 Å². The van der Waals surface area contributed by atoms with Crippen LogP contribution in [0.5, 0.6) is 0 Å². The first kappa shape index (κ1) is 13.4. The molecule has 17 heavy (non-hydrogen) atoms. The topological polar surface area (TPSA) is 26.3 Å². The number of carbonyl (C=O) groups excluding carboxylic acids is 1. The highest BCUT2D eigenvalue weighted by molar-refractivity contribution is 7.79. The molecule has 0 saturated carbocycles. The number of rotatable bonds is 4. The van der Waals surface area contributed by atoms with Crippen molar-refractivity contribution in [3.63, 3.8) is 0 Å². The van der Waals surface area contributed by atoms with Gasteiger partial charge in [-0.2, -0.15) is 0 Å². The monoisotopic (exact) mass is 246 g/mol. The fraction of sp³-hybridized carbons (Fsp3) is 0.214. The van der Waals surface area contributed by atoms with Gasteiger partial charge in [0.15, 0.2) is 0 Å². The Labute approximate surface area is 107 Å². The van der Waals surface area contributed by atoms with Crippen LogP contribution in [-0.2, 0) is 9.53 Å². The molecule has 0 aliphatic carbocycles. The Bertz CT molecular complexity index is 466. The summed E-state index contributed by atoms with van der Waals surface area (Å²) in [6.07, 6.45) is 1.75. The van der Waals surface area contributed by atoms with Gasteiger partial charge in [0.05, 0.1) is 12.2 Å². The van der Waals surface area contributed by atoms with Gasteiger partial charge < -0.3 is 4.74 Å². The average Bonchev–Trinajstić information content (AvgIpc) is 2.36. The molecule has 0 N–H and O–H groups in total. The molecule has 0 unspecified atom stereocenters. The van der Waals surface area contributed by atoms with Crippen LogP contribution >= 0.6 is 12.2 Å². The first-order chi connectivity index (χ1) is 8.17. The van der Waals surface area contributed by atoms with E-state index in [1.54, 1.807) is 25.3 Å². The van der Waals surface area contributed by atoms with E-state index in [1.807, 2.05) is 24.3 Å². The van der Waals surface area contributed by atoms with Crippen molar-refractivity contribution in [2.45, 2.75) is 13.8 Å². The van der Waals surface area contributed by atoms with Gasteiger partial charge in [0.2, 0.25) is 0 Å². The third kappa shape index (κ3) is 4.35. The van der Waals surface area contributed by atoms with E-state index in [2.05, 4.69) is 5.73 Å². The second-order valence-corrected chi connectivity index (χ2v) is 3.65. The maximum Gasteiger partial charge on any atom is 0.341 e. The smallest absolute Gasteiger partial charge is 0.341 e. The van der Waals surface area contributed by atoms with Gasteiger partial charge >= 0.3 is 5.97 Å². The van der Waals surface area contributed by atoms with Gasteiger partial charge in [-0.05, 0) is 31.1 Å². The fourth-order valence-corrected chi connectivity index (χ4v) is 1.32. The van der Waals surface area contributed by atoms with Gasteiger partial charge in [-0.15, -0.1) is 5.73 Å². The highest BCUT2D eigenvalue weighted by atomic mass is 32.1. The lowest BCUT2D eigenvalue weighted by Gasteiger charge is -1.97. The van der Waals surface area contributed by atoms with Crippen molar-refractivity contribution in [2.75, 3.05) is 6.61 Å². The van der Waals surface area contributed by atoms with Gasteiger partial charge in [0.25, 0.3) is 0 Å². The van der Waals surface area contributed by atoms with Crippen LogP contribution in [0.25, 0.3) is 6.08 Å². The molecule has 88 valence electrons. The first-order valence-electron chi connectivity index (χ1n) is 5.33. The van der Waals surface area contributed by atoms with Crippen LogP contribution in [0.3, 0.4) is 0 Å². The number of hydrogen-bond acceptors (Lipinski definition) is 3. The Morgan fingerprint density at radius 3 is 2.47 bits per heavy atom. The summed E-state index contributed by atoms with van der Waals surface area (Å²) in [6, 6.07) is 7.67. The van der Waals surface area contributed by atoms with Gasteiger partial charge in [-0.1, -0.05) is 36.5 Å². The molecule has 0 bridgehead atoms. The molecule has 1 aromatic rings. The van der Waals surface area contributed by atoms with E-state index in [0.717, 1.165) is 11.1 Å². The fourth-order valence-electron chi connectivity index (χ4n) is 1.16. The second-order valence-electron chi connectivity index (χ2n) is 3.42. The largest absolute Gasteiger partial charge is 0.462 e. The lowest BCUT2D eigenvalue weighted by Crippen LogP contribution is -2.03. The molecule has 1 rings (SSSR count). The Kier molecular flexibility index (Phi) is 5.34. The maximum atomic E-state index is 11.3. The quantitative estimate of drug-likeness (QED) is 0.353. The lowest BCUT2D eigenvalue weighted by molar-refractivity contribution is -0.138. The molecule has 2 nitrogen and oxygen atoms in total. The Morgan fingerprint density at radius 2 is 1.94 bits per heavy atom. The molecule has 0 aliphatic rings. The average molecular weight is 246 g/mol. The molecule has 3 heteroatoms. The number of benzene rings is 1. The van der Waals surface area contributed by atoms with Crippen molar-refractivity contribution in [3.8, 4) is 0 Å².